The molecule has 1 heterocycles. The number of morpholine rings is 1. The van der Waals surface area contributed by atoms with Gasteiger partial charge in [-0.1, -0.05) is 6.92 Å². The highest BCUT2D eigenvalue weighted by molar-refractivity contribution is 8.00. The maximum absolute atomic E-state index is 13.4. The van der Waals surface area contributed by atoms with Crippen molar-refractivity contribution in [2.45, 2.75) is 63.5 Å². The monoisotopic (exact) mass is 474 g/mol. The van der Waals surface area contributed by atoms with Gasteiger partial charge in [0.2, 0.25) is 11.8 Å². The molecule has 2 atom stereocenters. The third kappa shape index (κ3) is 9.25. The van der Waals surface area contributed by atoms with Crippen LogP contribution in [0.4, 0.5) is 0 Å². The minimum atomic E-state index is -0.830. The van der Waals surface area contributed by atoms with Crippen LogP contribution in [0.3, 0.4) is 0 Å². The fraction of sp³-hybridized carbons (Fsp3) is 0.864. The third-order valence-electron chi connectivity index (χ3n) is 5.80. The third-order valence-corrected chi connectivity index (χ3v) is 7.16. The van der Waals surface area contributed by atoms with Gasteiger partial charge in [-0.05, 0) is 39.0 Å². The lowest BCUT2D eigenvalue weighted by Crippen LogP contribution is -2.54. The second kappa shape index (κ2) is 14.0. The van der Waals surface area contributed by atoms with Gasteiger partial charge in [-0.25, -0.2) is 0 Å². The average Bonchev–Trinajstić information content (AvgIpc) is 2.77. The number of amides is 3. The highest BCUT2D eigenvalue weighted by Gasteiger charge is 2.37. The summed E-state index contributed by atoms with van der Waals surface area (Å²) in [5.41, 5.74) is 5.01. The highest BCUT2D eigenvalue weighted by Crippen LogP contribution is 2.24. The molecule has 0 aromatic carbocycles. The van der Waals surface area contributed by atoms with Gasteiger partial charge in [-0.3, -0.25) is 19.3 Å². The van der Waals surface area contributed by atoms with Crippen molar-refractivity contribution in [2.24, 2.45) is 5.73 Å². The molecule has 9 nitrogen and oxygen atoms in total. The van der Waals surface area contributed by atoms with E-state index < -0.39 is 22.9 Å². The normalized spacial score (nSPS) is 16.9. The Morgan fingerprint density at radius 2 is 1.81 bits per heavy atom. The smallest absolute Gasteiger partial charge is 0.256 e. The van der Waals surface area contributed by atoms with Crippen LogP contribution in [0, 0.1) is 0 Å². The molecule has 186 valence electrons. The van der Waals surface area contributed by atoms with Gasteiger partial charge in [0.15, 0.2) is 5.37 Å². The molecule has 0 aliphatic carbocycles. The molecule has 32 heavy (non-hydrogen) atoms. The van der Waals surface area contributed by atoms with Crippen LogP contribution in [0.5, 0.6) is 0 Å². The predicted octanol–water partition coefficient (Wildman–Crippen LogP) is 1.15. The molecule has 0 unspecified atom stereocenters. The second-order valence-electron chi connectivity index (χ2n) is 8.82. The number of ether oxygens (including phenoxy) is 2. The van der Waals surface area contributed by atoms with Crippen LogP contribution < -0.4 is 5.73 Å². The lowest BCUT2D eigenvalue weighted by molar-refractivity contribution is -0.145. The zero-order valence-electron chi connectivity index (χ0n) is 20.6. The number of thioether (sulfide) groups is 1. The maximum Gasteiger partial charge on any atom is 0.256 e. The van der Waals surface area contributed by atoms with E-state index in [1.54, 1.807) is 21.2 Å². The molecule has 10 heteroatoms. The van der Waals surface area contributed by atoms with E-state index in [0.29, 0.717) is 12.8 Å². The SMILES string of the molecule is CCCC(=O)N(C)[C@H](SCCCN1CCOCC1)C(=O)N(C)[C@@H](CC(C)(C)OC)C(N)=O. The van der Waals surface area contributed by atoms with Gasteiger partial charge in [0, 0.05) is 47.1 Å². The van der Waals surface area contributed by atoms with E-state index in [2.05, 4.69) is 4.90 Å². The topological polar surface area (TPSA) is 105 Å². The standard InChI is InChI=1S/C22H42N4O5S/c1-7-9-18(27)25(5)21(32-15-8-10-26-11-13-31-14-12-26)20(29)24(4)17(19(23)28)16-22(2,3)30-6/h17,21H,7-16H2,1-6H3,(H2,23,28)/t17-,21+/m0/s1. The summed E-state index contributed by atoms with van der Waals surface area (Å²) in [6.45, 7) is 9.87. The Hall–Kier alpha value is -1.36. The van der Waals surface area contributed by atoms with Crippen LogP contribution in [-0.2, 0) is 23.9 Å². The number of nitrogens with zero attached hydrogens (tertiary/aromatic N) is 3. The molecule has 0 radical (unpaired) electrons. The van der Waals surface area contributed by atoms with Crippen LogP contribution in [0.2, 0.25) is 0 Å². The Labute approximate surface area is 197 Å². The number of methoxy groups -OCH3 is 1. The van der Waals surface area contributed by atoms with Gasteiger partial charge in [-0.2, -0.15) is 0 Å². The molecular formula is C22H42N4O5S. The van der Waals surface area contributed by atoms with Crippen LogP contribution in [0.15, 0.2) is 0 Å². The molecular weight excluding hydrogens is 432 g/mol. The zero-order valence-corrected chi connectivity index (χ0v) is 21.4. The van der Waals surface area contributed by atoms with Crippen molar-refractivity contribution in [2.75, 3.05) is 59.8 Å². The molecule has 2 N–H and O–H groups in total. The van der Waals surface area contributed by atoms with Gasteiger partial charge in [0.25, 0.3) is 5.91 Å². The number of primary amides is 1. The largest absolute Gasteiger partial charge is 0.379 e. The number of hydrogen-bond donors (Lipinski definition) is 1. The van der Waals surface area contributed by atoms with E-state index in [-0.39, 0.29) is 18.2 Å². The number of rotatable bonds is 14. The van der Waals surface area contributed by atoms with Gasteiger partial charge in [-0.15, -0.1) is 11.8 Å². The Morgan fingerprint density at radius 1 is 1.19 bits per heavy atom. The minimum Gasteiger partial charge on any atom is -0.379 e. The van der Waals surface area contributed by atoms with E-state index in [1.807, 2.05) is 20.8 Å². The van der Waals surface area contributed by atoms with Crippen molar-refractivity contribution < 1.29 is 23.9 Å². The number of carbonyl (C=O) groups is 3. The maximum atomic E-state index is 13.4. The molecule has 0 spiro atoms. The molecule has 0 bridgehead atoms. The fourth-order valence-corrected chi connectivity index (χ4v) is 4.65. The van der Waals surface area contributed by atoms with Crippen molar-refractivity contribution in [1.82, 2.24) is 14.7 Å². The lowest BCUT2D eigenvalue weighted by atomic mass is 9.97. The number of carbonyl (C=O) groups excluding carboxylic acids is 3. The zero-order chi connectivity index (χ0) is 24.3. The summed E-state index contributed by atoms with van der Waals surface area (Å²) < 4.78 is 10.8. The minimum absolute atomic E-state index is 0.0900. The molecule has 1 saturated heterocycles. The van der Waals surface area contributed by atoms with Gasteiger partial charge in [0.1, 0.15) is 6.04 Å². The van der Waals surface area contributed by atoms with Crippen LogP contribution in [0.25, 0.3) is 0 Å². The number of likely N-dealkylation sites (N-methyl/N-ethyl adjacent to an activating group) is 2. The Bertz CT molecular complexity index is 613. The van der Waals surface area contributed by atoms with Gasteiger partial charge in [0.05, 0.1) is 18.8 Å². The molecule has 1 aliphatic rings. The van der Waals surface area contributed by atoms with Crippen molar-refractivity contribution >= 4 is 29.5 Å². The summed E-state index contributed by atoms with van der Waals surface area (Å²) in [6.07, 6.45) is 2.23. The lowest BCUT2D eigenvalue weighted by Gasteiger charge is -2.36. The highest BCUT2D eigenvalue weighted by atomic mass is 32.2. The van der Waals surface area contributed by atoms with E-state index in [9.17, 15) is 14.4 Å². The average molecular weight is 475 g/mol. The second-order valence-corrected chi connectivity index (χ2v) is 10.0. The summed E-state index contributed by atoms with van der Waals surface area (Å²) in [4.78, 5) is 43.4. The first-order valence-corrected chi connectivity index (χ1v) is 12.4. The molecule has 1 rings (SSSR count). The fourth-order valence-electron chi connectivity index (χ4n) is 3.48. The summed E-state index contributed by atoms with van der Waals surface area (Å²) in [7, 11) is 4.79. The Kier molecular flexibility index (Phi) is 12.6. The first-order chi connectivity index (χ1) is 15.0. The van der Waals surface area contributed by atoms with E-state index in [4.69, 9.17) is 15.2 Å². The van der Waals surface area contributed by atoms with Crippen molar-refractivity contribution in [3.8, 4) is 0 Å². The van der Waals surface area contributed by atoms with Crippen LogP contribution in [0.1, 0.15) is 46.5 Å². The Morgan fingerprint density at radius 3 is 2.34 bits per heavy atom. The van der Waals surface area contributed by atoms with Crippen molar-refractivity contribution in [3.63, 3.8) is 0 Å². The summed E-state index contributed by atoms with van der Waals surface area (Å²) >= 11 is 1.43. The summed E-state index contributed by atoms with van der Waals surface area (Å²) in [5, 5.41) is -0.712. The van der Waals surface area contributed by atoms with Gasteiger partial charge >= 0.3 is 0 Å². The van der Waals surface area contributed by atoms with Crippen molar-refractivity contribution in [1.29, 1.82) is 0 Å². The quantitative estimate of drug-likeness (QED) is 0.297. The van der Waals surface area contributed by atoms with Crippen LogP contribution in [-0.4, -0.2) is 109 Å². The molecule has 1 aliphatic heterocycles. The summed E-state index contributed by atoms with van der Waals surface area (Å²) in [6, 6.07) is -0.830. The van der Waals surface area contributed by atoms with Crippen LogP contribution >= 0.6 is 11.8 Å². The molecule has 0 aromatic heterocycles. The molecule has 0 saturated carbocycles. The predicted molar refractivity (Wildman–Crippen MR) is 127 cm³/mol. The molecule has 0 aromatic rings. The molecule has 3 amide bonds. The van der Waals surface area contributed by atoms with E-state index >= 15 is 0 Å². The number of nitrogens with two attached hydrogens (primary N) is 1. The summed E-state index contributed by atoms with van der Waals surface area (Å²) in [5.74, 6) is -0.266. The first kappa shape index (κ1) is 28.7. The van der Waals surface area contributed by atoms with Crippen molar-refractivity contribution in [3.05, 3.63) is 0 Å². The molecule has 1 fully saturated rings. The first-order valence-electron chi connectivity index (χ1n) is 11.3. The van der Waals surface area contributed by atoms with E-state index in [0.717, 1.165) is 45.0 Å². The van der Waals surface area contributed by atoms with Gasteiger partial charge < -0.3 is 25.0 Å². The van der Waals surface area contributed by atoms with E-state index in [1.165, 1.54) is 21.6 Å². The Balaban J connectivity index is 2.88. The number of hydrogen-bond acceptors (Lipinski definition) is 7.